The van der Waals surface area contributed by atoms with Crippen LogP contribution in [-0.4, -0.2) is 37.0 Å². The van der Waals surface area contributed by atoms with Crippen LogP contribution >= 0.6 is 0 Å². The van der Waals surface area contributed by atoms with E-state index in [-0.39, 0.29) is 17.9 Å². The Kier molecular flexibility index (Phi) is 5.76. The molecule has 23 heavy (non-hydrogen) atoms. The summed E-state index contributed by atoms with van der Waals surface area (Å²) in [5, 5.41) is 32.4. The highest BCUT2D eigenvalue weighted by Crippen LogP contribution is 2.23. The van der Waals surface area contributed by atoms with Crippen molar-refractivity contribution < 1.29 is 15.3 Å². The first-order valence-corrected chi connectivity index (χ1v) is 7.73. The van der Waals surface area contributed by atoms with Gasteiger partial charge < -0.3 is 25.2 Å². The Morgan fingerprint density at radius 2 is 2.13 bits per heavy atom. The molecular formula is C17H25N3O3. The summed E-state index contributed by atoms with van der Waals surface area (Å²) in [4.78, 5) is 4.02. The minimum Gasteiger partial charge on any atom is -0.508 e. The number of aryl methyl sites for hydroxylation is 1. The summed E-state index contributed by atoms with van der Waals surface area (Å²) in [7, 11) is 0. The molecule has 6 nitrogen and oxygen atoms in total. The smallest absolute Gasteiger partial charge is 0.121 e. The largest absolute Gasteiger partial charge is 0.508 e. The first-order valence-electron chi connectivity index (χ1n) is 7.73. The van der Waals surface area contributed by atoms with Crippen molar-refractivity contribution in [2.45, 2.75) is 45.1 Å². The maximum absolute atomic E-state index is 10.3. The van der Waals surface area contributed by atoms with E-state index in [1.807, 2.05) is 10.8 Å². The van der Waals surface area contributed by atoms with Gasteiger partial charge in [0.2, 0.25) is 0 Å². The highest BCUT2D eigenvalue weighted by atomic mass is 16.3. The van der Waals surface area contributed by atoms with Gasteiger partial charge in [0, 0.05) is 36.6 Å². The zero-order chi connectivity index (χ0) is 16.9. The first kappa shape index (κ1) is 17.5. The van der Waals surface area contributed by atoms with Gasteiger partial charge in [-0.15, -0.1) is 0 Å². The van der Waals surface area contributed by atoms with Gasteiger partial charge in [0.15, 0.2) is 0 Å². The van der Waals surface area contributed by atoms with E-state index in [1.54, 1.807) is 24.7 Å². The summed E-state index contributed by atoms with van der Waals surface area (Å²) in [6.07, 6.45) is 5.67. The molecule has 1 aromatic carbocycles. The fraction of sp³-hybridized carbons (Fsp3) is 0.471. The van der Waals surface area contributed by atoms with E-state index in [0.29, 0.717) is 17.7 Å². The third-order valence-corrected chi connectivity index (χ3v) is 3.99. The molecule has 2 aromatic rings. The average molecular weight is 319 g/mol. The van der Waals surface area contributed by atoms with Gasteiger partial charge in [-0.05, 0) is 38.0 Å². The number of β-amino-alcohol motifs (C(OH)–C–C–N with tert-alkyl or cyclic N) is 1. The highest BCUT2D eigenvalue weighted by Gasteiger charge is 2.19. The highest BCUT2D eigenvalue weighted by molar-refractivity contribution is 5.36. The normalized spacial score (nSPS) is 13.2. The predicted molar refractivity (Wildman–Crippen MR) is 87.9 cm³/mol. The van der Waals surface area contributed by atoms with Crippen LogP contribution in [-0.2, 0) is 13.2 Å². The van der Waals surface area contributed by atoms with Crippen LogP contribution in [0.15, 0.2) is 36.9 Å². The quantitative estimate of drug-likeness (QED) is 0.593. The number of hydrogen-bond donors (Lipinski definition) is 4. The number of imidazole rings is 1. The molecule has 4 N–H and O–H groups in total. The van der Waals surface area contributed by atoms with E-state index in [0.717, 1.165) is 13.0 Å². The molecule has 1 heterocycles. The van der Waals surface area contributed by atoms with Crippen LogP contribution in [0.25, 0.3) is 0 Å². The van der Waals surface area contributed by atoms with Gasteiger partial charge in [-0.1, -0.05) is 6.07 Å². The van der Waals surface area contributed by atoms with Crippen LogP contribution in [0.3, 0.4) is 0 Å². The van der Waals surface area contributed by atoms with Crippen LogP contribution in [0.5, 0.6) is 5.75 Å². The number of nitrogens with one attached hydrogen (secondary N) is 1. The number of nitrogens with zero attached hydrogens (tertiary/aromatic N) is 2. The van der Waals surface area contributed by atoms with Gasteiger partial charge in [0.25, 0.3) is 0 Å². The van der Waals surface area contributed by atoms with Crippen LogP contribution in [0.2, 0.25) is 0 Å². The van der Waals surface area contributed by atoms with Crippen LogP contribution in [0.4, 0.5) is 0 Å². The third kappa shape index (κ3) is 5.06. The Morgan fingerprint density at radius 3 is 2.78 bits per heavy atom. The zero-order valence-electron chi connectivity index (χ0n) is 13.6. The van der Waals surface area contributed by atoms with E-state index >= 15 is 0 Å². The monoisotopic (exact) mass is 319 g/mol. The minimum absolute atomic E-state index is 0.0390. The van der Waals surface area contributed by atoms with Crippen molar-refractivity contribution in [1.82, 2.24) is 14.9 Å². The van der Waals surface area contributed by atoms with E-state index in [2.05, 4.69) is 24.1 Å². The molecule has 6 heteroatoms. The molecule has 0 radical (unpaired) electrons. The maximum atomic E-state index is 10.3. The number of aliphatic hydroxyl groups is 2. The van der Waals surface area contributed by atoms with Gasteiger partial charge in [0.05, 0.1) is 19.0 Å². The average Bonchev–Trinajstić information content (AvgIpc) is 3.05. The van der Waals surface area contributed by atoms with Gasteiger partial charge >= 0.3 is 0 Å². The predicted octanol–water partition coefficient (Wildman–Crippen LogP) is 1.57. The number of hydrogen-bond acceptors (Lipinski definition) is 5. The Labute approximate surface area is 136 Å². The molecule has 0 spiro atoms. The maximum Gasteiger partial charge on any atom is 0.121 e. The van der Waals surface area contributed by atoms with Crippen molar-refractivity contribution in [3.05, 3.63) is 48.0 Å². The molecule has 2 rings (SSSR count). The molecule has 0 saturated heterocycles. The summed E-state index contributed by atoms with van der Waals surface area (Å²) in [5.41, 5.74) is 0.952. The van der Waals surface area contributed by atoms with Crippen molar-refractivity contribution in [2.24, 2.45) is 0 Å². The van der Waals surface area contributed by atoms with E-state index in [1.165, 1.54) is 6.07 Å². The fourth-order valence-corrected chi connectivity index (χ4v) is 2.35. The van der Waals surface area contributed by atoms with Crippen LogP contribution in [0.1, 0.15) is 37.5 Å². The number of aliphatic hydroxyl groups excluding tert-OH is 2. The lowest BCUT2D eigenvalue weighted by atomic mass is 9.99. The van der Waals surface area contributed by atoms with Crippen LogP contribution < -0.4 is 5.32 Å². The lowest BCUT2D eigenvalue weighted by Gasteiger charge is -2.28. The van der Waals surface area contributed by atoms with Gasteiger partial charge in [-0.2, -0.15) is 0 Å². The standard InChI is InChI=1S/C17H25N3O3/c1-17(2,5-7-20-8-6-18-12-20)19-10-16(23)13-3-4-15(22)14(9-13)11-21/h3-4,6,8-9,12,16,19,21-23H,5,7,10-11H2,1-2H3. The second kappa shape index (κ2) is 7.59. The zero-order valence-corrected chi connectivity index (χ0v) is 13.6. The molecule has 0 bridgehead atoms. The molecule has 1 aromatic heterocycles. The number of aromatic nitrogens is 2. The number of aromatic hydroxyl groups is 1. The summed E-state index contributed by atoms with van der Waals surface area (Å²) in [5.74, 6) is 0.0390. The molecule has 1 atom stereocenters. The fourth-order valence-electron chi connectivity index (χ4n) is 2.35. The van der Waals surface area contributed by atoms with Crippen molar-refractivity contribution in [3.8, 4) is 5.75 Å². The summed E-state index contributed by atoms with van der Waals surface area (Å²) in [6.45, 7) is 5.17. The first-order chi connectivity index (χ1) is 10.9. The Bertz CT molecular complexity index is 612. The lowest BCUT2D eigenvalue weighted by molar-refractivity contribution is 0.157. The summed E-state index contributed by atoms with van der Waals surface area (Å²) < 4.78 is 2.02. The minimum atomic E-state index is -0.701. The molecular weight excluding hydrogens is 294 g/mol. The molecule has 0 amide bonds. The van der Waals surface area contributed by atoms with E-state index in [9.17, 15) is 15.3 Å². The number of phenols is 1. The van der Waals surface area contributed by atoms with Crippen molar-refractivity contribution >= 4 is 0 Å². The number of benzene rings is 1. The van der Waals surface area contributed by atoms with Gasteiger partial charge in [-0.3, -0.25) is 0 Å². The second-order valence-corrected chi connectivity index (χ2v) is 6.38. The van der Waals surface area contributed by atoms with Crippen molar-refractivity contribution in [3.63, 3.8) is 0 Å². The van der Waals surface area contributed by atoms with E-state index < -0.39 is 6.10 Å². The Morgan fingerprint density at radius 1 is 1.35 bits per heavy atom. The SMILES string of the molecule is CC(C)(CCn1ccnc1)NCC(O)c1ccc(O)c(CO)c1. The Hall–Kier alpha value is -1.89. The second-order valence-electron chi connectivity index (χ2n) is 6.38. The Balaban J connectivity index is 1.88. The molecule has 126 valence electrons. The van der Waals surface area contributed by atoms with Crippen molar-refractivity contribution in [2.75, 3.05) is 6.54 Å². The van der Waals surface area contributed by atoms with Crippen molar-refractivity contribution in [1.29, 1.82) is 0 Å². The van der Waals surface area contributed by atoms with Gasteiger partial charge in [0.1, 0.15) is 5.75 Å². The third-order valence-electron chi connectivity index (χ3n) is 3.99. The van der Waals surface area contributed by atoms with E-state index in [4.69, 9.17) is 0 Å². The van der Waals surface area contributed by atoms with Gasteiger partial charge in [-0.25, -0.2) is 4.98 Å². The molecule has 0 fully saturated rings. The molecule has 0 aliphatic carbocycles. The summed E-state index contributed by atoms with van der Waals surface area (Å²) >= 11 is 0. The molecule has 0 aliphatic heterocycles. The molecule has 0 aliphatic rings. The summed E-state index contributed by atoms with van der Waals surface area (Å²) in [6, 6.07) is 4.79. The lowest BCUT2D eigenvalue weighted by Crippen LogP contribution is -2.42. The number of rotatable bonds is 8. The molecule has 0 saturated carbocycles. The topological polar surface area (TPSA) is 90.5 Å². The molecule has 1 unspecified atom stereocenters. The van der Waals surface area contributed by atoms with Crippen LogP contribution in [0, 0.1) is 0 Å².